The van der Waals surface area contributed by atoms with Crippen LogP contribution in [0.1, 0.15) is 19.7 Å². The number of morpholine rings is 1. The maximum absolute atomic E-state index is 9.20. The Morgan fingerprint density at radius 2 is 2.33 bits per heavy atom. The Labute approximate surface area is 115 Å². The van der Waals surface area contributed by atoms with Crippen molar-refractivity contribution in [1.82, 2.24) is 9.97 Å². The number of rotatable bonds is 3. The first-order chi connectivity index (χ1) is 8.63. The highest BCUT2D eigenvalue weighted by Crippen LogP contribution is 2.22. The van der Waals surface area contributed by atoms with E-state index in [2.05, 4.69) is 37.7 Å². The van der Waals surface area contributed by atoms with Crippen LogP contribution in [0.4, 0.5) is 5.82 Å². The normalized spacial score (nSPS) is 24.3. The lowest BCUT2D eigenvalue weighted by molar-refractivity contribution is -0.0106. The monoisotopic (exact) mass is 315 g/mol. The van der Waals surface area contributed by atoms with E-state index in [-0.39, 0.29) is 18.8 Å². The topological polar surface area (TPSA) is 58.5 Å². The van der Waals surface area contributed by atoms with Gasteiger partial charge in [-0.25, -0.2) is 9.97 Å². The first kappa shape index (κ1) is 13.7. The molecule has 0 spiro atoms. The maximum atomic E-state index is 9.20. The summed E-state index contributed by atoms with van der Waals surface area (Å²) in [5.41, 5.74) is 0. The Morgan fingerprint density at radius 3 is 3.00 bits per heavy atom. The van der Waals surface area contributed by atoms with Gasteiger partial charge in [-0.1, -0.05) is 6.92 Å². The molecule has 1 saturated heterocycles. The zero-order chi connectivity index (χ0) is 13.1. The zero-order valence-electron chi connectivity index (χ0n) is 10.6. The van der Waals surface area contributed by atoms with Crippen LogP contribution in [0.2, 0.25) is 0 Å². The highest BCUT2D eigenvalue weighted by atomic mass is 79.9. The van der Waals surface area contributed by atoms with Crippen molar-refractivity contribution >= 4 is 21.7 Å². The second kappa shape index (κ2) is 5.95. The molecule has 1 fully saturated rings. The van der Waals surface area contributed by atoms with Crippen molar-refractivity contribution in [3.05, 3.63) is 16.5 Å². The average Bonchev–Trinajstić information content (AvgIpc) is 2.38. The van der Waals surface area contributed by atoms with E-state index in [9.17, 15) is 5.11 Å². The van der Waals surface area contributed by atoms with Gasteiger partial charge in [0, 0.05) is 19.0 Å². The predicted molar refractivity (Wildman–Crippen MR) is 72.7 cm³/mol. The Kier molecular flexibility index (Phi) is 4.53. The third kappa shape index (κ3) is 2.99. The molecule has 18 heavy (non-hydrogen) atoms. The van der Waals surface area contributed by atoms with Crippen LogP contribution in [0.3, 0.4) is 0 Å². The van der Waals surface area contributed by atoms with Gasteiger partial charge in [0.1, 0.15) is 16.2 Å². The van der Waals surface area contributed by atoms with E-state index in [1.54, 1.807) is 0 Å². The molecule has 0 aromatic carbocycles. The molecule has 5 nitrogen and oxygen atoms in total. The molecule has 1 aliphatic heterocycles. The van der Waals surface area contributed by atoms with Gasteiger partial charge in [0.05, 0.1) is 25.4 Å². The number of anilines is 1. The first-order valence-electron chi connectivity index (χ1n) is 6.16. The van der Waals surface area contributed by atoms with Gasteiger partial charge < -0.3 is 14.7 Å². The lowest BCUT2D eigenvalue weighted by Crippen LogP contribution is -2.50. The largest absolute Gasteiger partial charge is 0.394 e. The van der Waals surface area contributed by atoms with Crippen LogP contribution in [0.5, 0.6) is 0 Å². The second-order valence-electron chi connectivity index (χ2n) is 4.46. The van der Waals surface area contributed by atoms with Crippen molar-refractivity contribution in [2.45, 2.75) is 32.4 Å². The summed E-state index contributed by atoms with van der Waals surface area (Å²) >= 11 is 3.41. The fraction of sp³-hybridized carbons (Fsp3) is 0.667. The summed E-state index contributed by atoms with van der Waals surface area (Å²) in [6, 6.07) is 2.16. The van der Waals surface area contributed by atoms with Crippen molar-refractivity contribution in [2.24, 2.45) is 0 Å². The van der Waals surface area contributed by atoms with Gasteiger partial charge in [0.25, 0.3) is 0 Å². The Morgan fingerprint density at radius 1 is 1.56 bits per heavy atom. The zero-order valence-corrected chi connectivity index (χ0v) is 12.2. The molecule has 2 atom stereocenters. The Hall–Kier alpha value is -0.720. The van der Waals surface area contributed by atoms with E-state index in [0.29, 0.717) is 13.2 Å². The number of nitrogens with zero attached hydrogens (tertiary/aromatic N) is 3. The number of aliphatic hydroxyl groups excluding tert-OH is 1. The van der Waals surface area contributed by atoms with Crippen molar-refractivity contribution in [2.75, 3.05) is 24.7 Å². The first-order valence-corrected chi connectivity index (χ1v) is 6.96. The van der Waals surface area contributed by atoms with Crippen LogP contribution in [0.15, 0.2) is 10.7 Å². The molecule has 1 aromatic heterocycles. The Bertz CT molecular complexity index is 416. The third-order valence-corrected chi connectivity index (χ3v) is 3.45. The van der Waals surface area contributed by atoms with Gasteiger partial charge in [-0.05, 0) is 22.9 Å². The van der Waals surface area contributed by atoms with Crippen molar-refractivity contribution in [3.8, 4) is 0 Å². The molecule has 0 bridgehead atoms. The molecule has 0 radical (unpaired) electrons. The van der Waals surface area contributed by atoms with Gasteiger partial charge in [-0.3, -0.25) is 0 Å². The molecule has 100 valence electrons. The fourth-order valence-corrected chi connectivity index (χ4v) is 2.41. The predicted octanol–water partition coefficient (Wildman–Crippen LogP) is 1.39. The van der Waals surface area contributed by atoms with Crippen molar-refractivity contribution < 1.29 is 9.84 Å². The summed E-state index contributed by atoms with van der Waals surface area (Å²) in [6.07, 6.45) is 0.661. The van der Waals surface area contributed by atoms with Crippen LogP contribution in [-0.2, 0) is 11.2 Å². The molecule has 0 amide bonds. The quantitative estimate of drug-likeness (QED) is 0.854. The van der Waals surface area contributed by atoms with E-state index < -0.39 is 0 Å². The van der Waals surface area contributed by atoms with Crippen LogP contribution in [-0.4, -0.2) is 47.0 Å². The smallest absolute Gasteiger partial charge is 0.133 e. The molecule has 2 unspecified atom stereocenters. The molecule has 0 saturated carbocycles. The number of aryl methyl sites for hydroxylation is 1. The molecule has 6 heteroatoms. The fourth-order valence-electron chi connectivity index (χ4n) is 2.00. The van der Waals surface area contributed by atoms with Crippen molar-refractivity contribution in [3.63, 3.8) is 0 Å². The van der Waals surface area contributed by atoms with E-state index in [1.807, 2.05) is 13.0 Å². The molecule has 1 N–H and O–H groups in total. The average molecular weight is 316 g/mol. The molecule has 0 aliphatic carbocycles. The number of aliphatic hydroxyl groups is 1. The highest BCUT2D eigenvalue weighted by molar-refractivity contribution is 9.10. The summed E-state index contributed by atoms with van der Waals surface area (Å²) in [6.45, 7) is 5.43. The minimum atomic E-state index is -0.139. The molecule has 2 heterocycles. The van der Waals surface area contributed by atoms with E-state index in [1.165, 1.54) is 0 Å². The lowest BCUT2D eigenvalue weighted by Gasteiger charge is -2.38. The Balaban J connectivity index is 2.25. The second-order valence-corrected chi connectivity index (χ2v) is 5.27. The molecule has 2 rings (SSSR count). The molecular weight excluding hydrogens is 298 g/mol. The molecular formula is C12H18BrN3O2. The van der Waals surface area contributed by atoms with E-state index in [4.69, 9.17) is 4.74 Å². The third-order valence-electron chi connectivity index (χ3n) is 3.05. The van der Waals surface area contributed by atoms with Gasteiger partial charge in [-0.15, -0.1) is 0 Å². The van der Waals surface area contributed by atoms with Crippen LogP contribution in [0.25, 0.3) is 0 Å². The molecule has 1 aromatic rings. The van der Waals surface area contributed by atoms with Crippen LogP contribution < -0.4 is 4.90 Å². The summed E-state index contributed by atoms with van der Waals surface area (Å²) in [5, 5.41) is 9.20. The van der Waals surface area contributed by atoms with Crippen molar-refractivity contribution in [1.29, 1.82) is 0 Å². The van der Waals surface area contributed by atoms with Crippen LogP contribution in [0, 0.1) is 0 Å². The van der Waals surface area contributed by atoms with Gasteiger partial charge in [-0.2, -0.15) is 0 Å². The number of halogens is 1. The summed E-state index contributed by atoms with van der Waals surface area (Å²) in [5.74, 6) is 1.71. The highest BCUT2D eigenvalue weighted by Gasteiger charge is 2.27. The molecule has 1 aliphatic rings. The number of hydrogen-bond donors (Lipinski definition) is 1. The minimum Gasteiger partial charge on any atom is -0.394 e. The summed E-state index contributed by atoms with van der Waals surface area (Å²) in [7, 11) is 0. The summed E-state index contributed by atoms with van der Waals surface area (Å²) < 4.78 is 6.33. The van der Waals surface area contributed by atoms with Crippen LogP contribution >= 0.6 is 15.9 Å². The minimum absolute atomic E-state index is 0.0378. The number of hydrogen-bond acceptors (Lipinski definition) is 5. The van der Waals surface area contributed by atoms with Gasteiger partial charge in [0.2, 0.25) is 0 Å². The van der Waals surface area contributed by atoms with Gasteiger partial charge >= 0.3 is 0 Å². The van der Waals surface area contributed by atoms with E-state index >= 15 is 0 Å². The lowest BCUT2D eigenvalue weighted by atomic mass is 10.2. The number of ether oxygens (including phenoxy) is 1. The maximum Gasteiger partial charge on any atom is 0.133 e. The van der Waals surface area contributed by atoms with Gasteiger partial charge in [0.15, 0.2) is 0 Å². The summed E-state index contributed by atoms with van der Waals surface area (Å²) in [4.78, 5) is 11.0. The SMILES string of the molecule is CCc1nc(Br)cc(N2CC(CO)OCC2C)n1. The number of aromatic nitrogens is 2. The van der Waals surface area contributed by atoms with E-state index in [0.717, 1.165) is 22.7 Å². The standard InChI is InChI=1S/C12H18BrN3O2/c1-3-11-14-10(13)4-12(15-11)16-5-9(6-17)18-7-8(16)2/h4,8-9,17H,3,5-7H2,1-2H3.